The third kappa shape index (κ3) is 3.14. The first kappa shape index (κ1) is 14.2. The summed E-state index contributed by atoms with van der Waals surface area (Å²) < 4.78 is 0. The van der Waals surface area contributed by atoms with Crippen LogP contribution in [0.4, 0.5) is 0 Å². The van der Waals surface area contributed by atoms with Gasteiger partial charge in [0.1, 0.15) is 0 Å². The average Bonchev–Trinajstić information content (AvgIpc) is 3.02. The maximum Gasteiger partial charge on any atom is 0.0705 e. The van der Waals surface area contributed by atoms with E-state index in [1.807, 2.05) is 6.92 Å². The molecule has 21 heavy (non-hydrogen) atoms. The van der Waals surface area contributed by atoms with Crippen molar-refractivity contribution in [3.63, 3.8) is 0 Å². The van der Waals surface area contributed by atoms with E-state index in [0.29, 0.717) is 0 Å². The summed E-state index contributed by atoms with van der Waals surface area (Å²) >= 11 is 1.81. The van der Waals surface area contributed by atoms with E-state index in [1.54, 1.807) is 11.3 Å². The summed E-state index contributed by atoms with van der Waals surface area (Å²) in [5.74, 6) is 0. The number of nitrogens with zero attached hydrogens (tertiary/aromatic N) is 1. The van der Waals surface area contributed by atoms with E-state index in [1.165, 1.54) is 15.8 Å². The predicted octanol–water partition coefficient (Wildman–Crippen LogP) is 4.69. The number of pyridine rings is 1. The summed E-state index contributed by atoms with van der Waals surface area (Å²) in [7, 11) is 0. The summed E-state index contributed by atoms with van der Waals surface area (Å²) in [4.78, 5) is 5.95. The topological polar surface area (TPSA) is 24.9 Å². The first-order chi connectivity index (χ1) is 10.3. The SMILES string of the molecule is CCCNC(c1ccc2nc(C)ccc2c1)c1cccs1. The zero-order valence-corrected chi connectivity index (χ0v) is 13.3. The molecule has 0 saturated heterocycles. The number of thiophene rings is 1. The molecule has 0 bridgehead atoms. The first-order valence-corrected chi connectivity index (χ1v) is 8.30. The third-order valence-corrected chi connectivity index (χ3v) is 4.55. The molecule has 0 aliphatic carbocycles. The van der Waals surface area contributed by atoms with Crippen molar-refractivity contribution < 1.29 is 0 Å². The van der Waals surface area contributed by atoms with E-state index >= 15 is 0 Å². The molecule has 108 valence electrons. The van der Waals surface area contributed by atoms with Gasteiger partial charge in [-0.15, -0.1) is 11.3 Å². The van der Waals surface area contributed by atoms with Gasteiger partial charge in [-0.25, -0.2) is 0 Å². The standard InChI is InChI=1S/C18H20N2S/c1-3-10-19-18(17-5-4-11-21-17)15-8-9-16-14(12-15)7-6-13(2)20-16/h4-9,11-12,18-19H,3,10H2,1-2H3. The van der Waals surface area contributed by atoms with Gasteiger partial charge in [0.25, 0.3) is 0 Å². The van der Waals surface area contributed by atoms with Crippen molar-refractivity contribution in [2.75, 3.05) is 6.54 Å². The van der Waals surface area contributed by atoms with Crippen molar-refractivity contribution in [1.29, 1.82) is 0 Å². The summed E-state index contributed by atoms with van der Waals surface area (Å²) in [6, 6.07) is 15.4. The Morgan fingerprint density at radius 3 is 2.86 bits per heavy atom. The minimum Gasteiger partial charge on any atom is -0.306 e. The highest BCUT2D eigenvalue weighted by Crippen LogP contribution is 2.28. The quantitative estimate of drug-likeness (QED) is 0.738. The Bertz CT molecular complexity index is 719. The molecule has 1 aromatic carbocycles. The number of nitrogens with one attached hydrogen (secondary N) is 1. The van der Waals surface area contributed by atoms with Crippen LogP contribution in [0.5, 0.6) is 0 Å². The van der Waals surface area contributed by atoms with Gasteiger partial charge in [0.2, 0.25) is 0 Å². The molecule has 0 radical (unpaired) electrons. The molecule has 0 saturated carbocycles. The molecule has 0 aliphatic rings. The summed E-state index contributed by atoms with van der Waals surface area (Å²) in [6.07, 6.45) is 1.14. The molecule has 2 nitrogen and oxygen atoms in total. The smallest absolute Gasteiger partial charge is 0.0705 e. The van der Waals surface area contributed by atoms with E-state index < -0.39 is 0 Å². The van der Waals surface area contributed by atoms with Crippen molar-refractivity contribution >= 4 is 22.2 Å². The Balaban J connectivity index is 2.00. The molecule has 2 heterocycles. The lowest BCUT2D eigenvalue weighted by atomic mass is 10.0. The second kappa shape index (κ2) is 6.37. The third-order valence-electron chi connectivity index (χ3n) is 3.61. The summed E-state index contributed by atoms with van der Waals surface area (Å²) in [6.45, 7) is 5.25. The van der Waals surface area contributed by atoms with Crippen LogP contribution in [0.2, 0.25) is 0 Å². The number of aryl methyl sites for hydroxylation is 1. The van der Waals surface area contributed by atoms with E-state index in [2.05, 4.69) is 65.1 Å². The van der Waals surface area contributed by atoms with Crippen LogP contribution in [0.1, 0.15) is 35.5 Å². The van der Waals surface area contributed by atoms with Crippen molar-refractivity contribution in [3.05, 3.63) is 64.0 Å². The van der Waals surface area contributed by atoms with Crippen molar-refractivity contribution in [1.82, 2.24) is 10.3 Å². The average molecular weight is 296 g/mol. The van der Waals surface area contributed by atoms with Crippen molar-refractivity contribution in [2.24, 2.45) is 0 Å². The van der Waals surface area contributed by atoms with Crippen LogP contribution in [-0.4, -0.2) is 11.5 Å². The van der Waals surface area contributed by atoms with Gasteiger partial charge >= 0.3 is 0 Å². The van der Waals surface area contributed by atoms with Gasteiger partial charge in [-0.1, -0.05) is 25.1 Å². The first-order valence-electron chi connectivity index (χ1n) is 7.42. The Morgan fingerprint density at radius 1 is 1.19 bits per heavy atom. The van der Waals surface area contributed by atoms with Crippen LogP contribution < -0.4 is 5.32 Å². The van der Waals surface area contributed by atoms with Crippen molar-refractivity contribution in [2.45, 2.75) is 26.3 Å². The second-order valence-electron chi connectivity index (χ2n) is 5.31. The van der Waals surface area contributed by atoms with Crippen LogP contribution in [0.3, 0.4) is 0 Å². The summed E-state index contributed by atoms with van der Waals surface area (Å²) in [5.41, 5.74) is 3.44. The zero-order chi connectivity index (χ0) is 14.7. The highest BCUT2D eigenvalue weighted by Gasteiger charge is 2.14. The monoisotopic (exact) mass is 296 g/mol. The van der Waals surface area contributed by atoms with E-state index in [-0.39, 0.29) is 6.04 Å². The normalized spacial score (nSPS) is 12.7. The van der Waals surface area contributed by atoms with Crippen LogP contribution >= 0.6 is 11.3 Å². The van der Waals surface area contributed by atoms with Gasteiger partial charge in [0.05, 0.1) is 11.6 Å². The number of aromatic nitrogens is 1. The highest BCUT2D eigenvalue weighted by atomic mass is 32.1. The van der Waals surface area contributed by atoms with Crippen LogP contribution in [0.25, 0.3) is 10.9 Å². The van der Waals surface area contributed by atoms with Gasteiger partial charge in [-0.2, -0.15) is 0 Å². The largest absolute Gasteiger partial charge is 0.306 e. The molecule has 0 spiro atoms. The van der Waals surface area contributed by atoms with Gasteiger partial charge < -0.3 is 5.32 Å². The fourth-order valence-electron chi connectivity index (χ4n) is 2.55. The van der Waals surface area contributed by atoms with Crippen LogP contribution in [0.15, 0.2) is 47.8 Å². The molecule has 1 unspecified atom stereocenters. The highest BCUT2D eigenvalue weighted by molar-refractivity contribution is 7.10. The molecular formula is C18H20N2S. The molecule has 3 heteroatoms. The molecule has 1 N–H and O–H groups in total. The number of hydrogen-bond donors (Lipinski definition) is 1. The number of hydrogen-bond acceptors (Lipinski definition) is 3. The van der Waals surface area contributed by atoms with Gasteiger partial charge in [-0.05, 0) is 55.1 Å². The lowest BCUT2D eigenvalue weighted by Gasteiger charge is -2.18. The molecule has 3 rings (SSSR count). The molecule has 0 fully saturated rings. The van der Waals surface area contributed by atoms with Crippen LogP contribution in [-0.2, 0) is 0 Å². The van der Waals surface area contributed by atoms with Crippen molar-refractivity contribution in [3.8, 4) is 0 Å². The zero-order valence-electron chi connectivity index (χ0n) is 12.5. The fourth-order valence-corrected chi connectivity index (χ4v) is 3.38. The molecular weight excluding hydrogens is 276 g/mol. The maximum absolute atomic E-state index is 4.58. The van der Waals surface area contributed by atoms with Crippen LogP contribution in [0, 0.1) is 6.92 Å². The van der Waals surface area contributed by atoms with E-state index in [9.17, 15) is 0 Å². The minimum atomic E-state index is 0.274. The Labute approximate surface area is 129 Å². The number of rotatable bonds is 5. The Morgan fingerprint density at radius 2 is 2.10 bits per heavy atom. The van der Waals surface area contributed by atoms with Gasteiger partial charge in [-0.3, -0.25) is 4.98 Å². The lowest BCUT2D eigenvalue weighted by molar-refractivity contribution is 0.606. The Kier molecular flexibility index (Phi) is 4.32. The fraction of sp³-hybridized carbons (Fsp3) is 0.278. The van der Waals surface area contributed by atoms with Gasteiger partial charge in [0, 0.05) is 16.0 Å². The molecule has 0 amide bonds. The summed E-state index contributed by atoms with van der Waals surface area (Å²) in [5, 5.41) is 7.00. The molecule has 0 aliphatic heterocycles. The molecule has 3 aromatic rings. The second-order valence-corrected chi connectivity index (χ2v) is 6.29. The number of fused-ring (bicyclic) bond motifs is 1. The Hall–Kier alpha value is -1.71. The lowest BCUT2D eigenvalue weighted by Crippen LogP contribution is -2.22. The molecule has 1 atom stereocenters. The van der Waals surface area contributed by atoms with E-state index in [0.717, 1.165) is 24.2 Å². The maximum atomic E-state index is 4.58. The van der Waals surface area contributed by atoms with E-state index in [4.69, 9.17) is 0 Å². The predicted molar refractivity (Wildman–Crippen MR) is 90.9 cm³/mol. The minimum absolute atomic E-state index is 0.274. The molecule has 2 aromatic heterocycles. The van der Waals surface area contributed by atoms with Gasteiger partial charge in [0.15, 0.2) is 0 Å². The number of benzene rings is 1.